The number of para-hydroxylation sites is 1. The van der Waals surface area contributed by atoms with Gasteiger partial charge in [-0.3, -0.25) is 4.79 Å². The van der Waals surface area contributed by atoms with E-state index in [4.69, 9.17) is 20.9 Å². The molecular weight excluding hydrogens is 354 g/mol. The number of nitrogens with one attached hydrogen (secondary N) is 1. The van der Waals surface area contributed by atoms with Crippen molar-refractivity contribution in [3.8, 4) is 17.1 Å². The lowest BCUT2D eigenvalue weighted by Crippen LogP contribution is -2.36. The topological polar surface area (TPSA) is 77.2 Å². The van der Waals surface area contributed by atoms with Crippen LogP contribution >= 0.6 is 11.6 Å². The van der Waals surface area contributed by atoms with Gasteiger partial charge in [0.25, 0.3) is 5.91 Å². The van der Waals surface area contributed by atoms with Gasteiger partial charge in [0, 0.05) is 5.56 Å². The fraction of sp³-hybridized carbons (Fsp3) is 0.211. The van der Waals surface area contributed by atoms with Gasteiger partial charge < -0.3 is 14.6 Å². The molecule has 0 aliphatic heterocycles. The zero-order valence-electron chi connectivity index (χ0n) is 14.4. The van der Waals surface area contributed by atoms with Crippen molar-refractivity contribution >= 4 is 17.5 Å². The van der Waals surface area contributed by atoms with Crippen LogP contribution in [0.2, 0.25) is 5.02 Å². The van der Waals surface area contributed by atoms with E-state index in [0.29, 0.717) is 22.5 Å². The highest BCUT2D eigenvalue weighted by Crippen LogP contribution is 2.24. The predicted molar refractivity (Wildman–Crippen MR) is 97.9 cm³/mol. The number of benzene rings is 2. The summed E-state index contributed by atoms with van der Waals surface area (Å²) < 4.78 is 10.7. The molecule has 26 heavy (non-hydrogen) atoms. The van der Waals surface area contributed by atoms with E-state index in [1.165, 1.54) is 0 Å². The molecule has 1 atom stereocenters. The largest absolute Gasteiger partial charge is 0.479 e. The lowest BCUT2D eigenvalue weighted by atomic mass is 10.1. The van der Waals surface area contributed by atoms with E-state index in [1.807, 2.05) is 31.2 Å². The number of nitrogens with zero attached hydrogens (tertiary/aromatic N) is 2. The fourth-order valence-electron chi connectivity index (χ4n) is 2.24. The molecule has 3 rings (SSSR count). The average molecular weight is 372 g/mol. The zero-order valence-corrected chi connectivity index (χ0v) is 15.2. The van der Waals surface area contributed by atoms with Crippen LogP contribution in [-0.4, -0.2) is 22.2 Å². The molecule has 0 saturated carbocycles. The molecule has 0 bridgehead atoms. The van der Waals surface area contributed by atoms with E-state index >= 15 is 0 Å². The zero-order chi connectivity index (χ0) is 18.5. The number of ether oxygens (including phenoxy) is 1. The molecule has 1 aromatic heterocycles. The van der Waals surface area contributed by atoms with Crippen molar-refractivity contribution in [2.24, 2.45) is 0 Å². The van der Waals surface area contributed by atoms with Gasteiger partial charge in [0.05, 0.1) is 11.6 Å². The highest BCUT2D eigenvalue weighted by molar-refractivity contribution is 6.32. The molecule has 1 amide bonds. The summed E-state index contributed by atoms with van der Waals surface area (Å²) in [4.78, 5) is 16.5. The van der Waals surface area contributed by atoms with E-state index < -0.39 is 6.10 Å². The summed E-state index contributed by atoms with van der Waals surface area (Å²) in [6.07, 6.45) is -0.714. The number of carbonyl (C=O) groups excluding carboxylic acids is 1. The van der Waals surface area contributed by atoms with E-state index in [9.17, 15) is 4.79 Å². The number of rotatable bonds is 6. The molecule has 2 aromatic carbocycles. The van der Waals surface area contributed by atoms with Crippen molar-refractivity contribution in [2.75, 3.05) is 0 Å². The quantitative estimate of drug-likeness (QED) is 0.713. The van der Waals surface area contributed by atoms with Crippen LogP contribution in [0.25, 0.3) is 11.4 Å². The van der Waals surface area contributed by atoms with Gasteiger partial charge in [0.1, 0.15) is 5.75 Å². The molecular formula is C19H18ClN3O3. The van der Waals surface area contributed by atoms with Crippen LogP contribution in [0.1, 0.15) is 18.4 Å². The summed E-state index contributed by atoms with van der Waals surface area (Å²) >= 11 is 6.03. The summed E-state index contributed by atoms with van der Waals surface area (Å²) in [5, 5.41) is 7.09. The minimum atomic E-state index is -0.714. The Hall–Kier alpha value is -2.86. The second-order valence-corrected chi connectivity index (χ2v) is 6.19. The Morgan fingerprint density at radius 1 is 1.23 bits per heavy atom. The third-order valence-corrected chi connectivity index (χ3v) is 4.01. The second-order valence-electron chi connectivity index (χ2n) is 5.79. The monoisotopic (exact) mass is 371 g/mol. The van der Waals surface area contributed by atoms with Gasteiger partial charge in [-0.2, -0.15) is 4.98 Å². The minimum absolute atomic E-state index is 0.119. The first kappa shape index (κ1) is 17.9. The number of carbonyl (C=O) groups is 1. The molecule has 134 valence electrons. The first-order valence-electron chi connectivity index (χ1n) is 8.11. The van der Waals surface area contributed by atoms with Gasteiger partial charge in [-0.05, 0) is 26.0 Å². The van der Waals surface area contributed by atoms with Crippen LogP contribution in [0.15, 0.2) is 53.1 Å². The second kappa shape index (κ2) is 8.01. The summed E-state index contributed by atoms with van der Waals surface area (Å²) in [6.45, 7) is 3.77. The maximum atomic E-state index is 12.2. The molecule has 0 saturated heterocycles. The Morgan fingerprint density at radius 3 is 2.69 bits per heavy atom. The highest BCUT2D eigenvalue weighted by atomic mass is 35.5. The summed E-state index contributed by atoms with van der Waals surface area (Å²) in [6, 6.07) is 14.8. The van der Waals surface area contributed by atoms with Crippen LogP contribution in [0.4, 0.5) is 0 Å². The number of aryl methyl sites for hydroxylation is 1. The molecule has 0 unspecified atom stereocenters. The van der Waals surface area contributed by atoms with Crippen LogP contribution in [0.5, 0.6) is 5.75 Å². The minimum Gasteiger partial charge on any atom is -0.479 e. The van der Waals surface area contributed by atoms with Crippen molar-refractivity contribution in [2.45, 2.75) is 26.5 Å². The van der Waals surface area contributed by atoms with E-state index in [-0.39, 0.29) is 12.5 Å². The Morgan fingerprint density at radius 2 is 1.96 bits per heavy atom. The Bertz CT molecular complexity index is 893. The Labute approximate surface area is 156 Å². The number of halogens is 1. The Kier molecular flexibility index (Phi) is 5.53. The number of amides is 1. The van der Waals surface area contributed by atoms with E-state index in [1.54, 1.807) is 31.2 Å². The molecule has 0 aliphatic rings. The average Bonchev–Trinajstić information content (AvgIpc) is 3.11. The van der Waals surface area contributed by atoms with Gasteiger partial charge in [-0.25, -0.2) is 0 Å². The van der Waals surface area contributed by atoms with Crippen LogP contribution < -0.4 is 10.1 Å². The standard InChI is InChI=1S/C19H18ClN3O3/c1-12-7-9-14(10-8-12)18-22-17(26-23-18)11-21-19(24)13(2)25-16-6-4-3-5-15(16)20/h3-10,13H,11H2,1-2H3,(H,21,24)/t13-/m0/s1. The molecule has 0 radical (unpaired) electrons. The first-order valence-corrected chi connectivity index (χ1v) is 8.49. The summed E-state index contributed by atoms with van der Waals surface area (Å²) in [5.41, 5.74) is 2.00. The third kappa shape index (κ3) is 4.40. The van der Waals surface area contributed by atoms with E-state index in [2.05, 4.69) is 15.5 Å². The Balaban J connectivity index is 1.56. The molecule has 1 N–H and O–H groups in total. The third-order valence-electron chi connectivity index (χ3n) is 3.70. The van der Waals surface area contributed by atoms with Crippen LogP contribution in [-0.2, 0) is 11.3 Å². The van der Waals surface area contributed by atoms with Crippen LogP contribution in [0.3, 0.4) is 0 Å². The normalized spacial score (nSPS) is 11.8. The number of aromatic nitrogens is 2. The van der Waals surface area contributed by atoms with Gasteiger partial charge in [-0.1, -0.05) is 58.7 Å². The predicted octanol–water partition coefficient (Wildman–Crippen LogP) is 3.78. The van der Waals surface area contributed by atoms with Gasteiger partial charge in [0.2, 0.25) is 11.7 Å². The molecule has 1 heterocycles. The maximum absolute atomic E-state index is 12.2. The lowest BCUT2D eigenvalue weighted by molar-refractivity contribution is -0.127. The fourth-order valence-corrected chi connectivity index (χ4v) is 2.42. The van der Waals surface area contributed by atoms with E-state index in [0.717, 1.165) is 11.1 Å². The number of hydrogen-bond donors (Lipinski definition) is 1. The SMILES string of the molecule is Cc1ccc(-c2noc(CNC(=O)[C@H](C)Oc3ccccc3Cl)n2)cc1. The lowest BCUT2D eigenvalue weighted by Gasteiger charge is -2.14. The smallest absolute Gasteiger partial charge is 0.261 e. The number of hydrogen-bond acceptors (Lipinski definition) is 5. The van der Waals surface area contributed by atoms with Crippen molar-refractivity contribution in [1.29, 1.82) is 0 Å². The van der Waals surface area contributed by atoms with Gasteiger partial charge in [0.15, 0.2) is 6.10 Å². The highest BCUT2D eigenvalue weighted by Gasteiger charge is 2.17. The maximum Gasteiger partial charge on any atom is 0.261 e. The van der Waals surface area contributed by atoms with Crippen LogP contribution in [0, 0.1) is 6.92 Å². The molecule has 6 nitrogen and oxygen atoms in total. The van der Waals surface area contributed by atoms with Crippen molar-refractivity contribution < 1.29 is 14.1 Å². The first-order chi connectivity index (χ1) is 12.5. The summed E-state index contributed by atoms with van der Waals surface area (Å²) in [7, 11) is 0. The molecule has 7 heteroatoms. The summed E-state index contributed by atoms with van der Waals surface area (Å²) in [5.74, 6) is 0.949. The van der Waals surface area contributed by atoms with Crippen molar-refractivity contribution in [3.63, 3.8) is 0 Å². The molecule has 0 fully saturated rings. The van der Waals surface area contributed by atoms with Crippen molar-refractivity contribution in [3.05, 3.63) is 65.0 Å². The molecule has 3 aromatic rings. The molecule has 0 spiro atoms. The molecule has 0 aliphatic carbocycles. The van der Waals surface area contributed by atoms with Gasteiger partial charge >= 0.3 is 0 Å². The van der Waals surface area contributed by atoms with Crippen molar-refractivity contribution in [1.82, 2.24) is 15.5 Å². The van der Waals surface area contributed by atoms with Gasteiger partial charge in [-0.15, -0.1) is 0 Å².